The number of hydrogen-bond acceptors (Lipinski definition) is 2. The van der Waals surface area contributed by atoms with Gasteiger partial charge in [0.25, 0.3) is 0 Å². The summed E-state index contributed by atoms with van der Waals surface area (Å²) < 4.78 is 26.8. The van der Waals surface area contributed by atoms with Crippen LogP contribution in [0.3, 0.4) is 0 Å². The molecule has 1 fully saturated rings. The standard InChI is InChI=1S/C13H14F2N2/c1-9-12(14)6-11(7-13(9)15)17-4-2-10(8-16)3-5-17/h6-7,10H,2-5H2,1H3. The Morgan fingerprint density at radius 3 is 2.24 bits per heavy atom. The lowest BCUT2D eigenvalue weighted by atomic mass is 9.98. The Bertz CT molecular complexity index is 434. The highest BCUT2D eigenvalue weighted by Gasteiger charge is 2.20. The van der Waals surface area contributed by atoms with Gasteiger partial charge in [-0.2, -0.15) is 5.26 Å². The van der Waals surface area contributed by atoms with Gasteiger partial charge in [0.2, 0.25) is 0 Å². The molecule has 0 aliphatic carbocycles. The Hall–Kier alpha value is -1.63. The molecule has 90 valence electrons. The van der Waals surface area contributed by atoms with E-state index >= 15 is 0 Å². The normalized spacial score (nSPS) is 16.9. The lowest BCUT2D eigenvalue weighted by Crippen LogP contribution is -2.33. The monoisotopic (exact) mass is 236 g/mol. The largest absolute Gasteiger partial charge is 0.371 e. The highest BCUT2D eigenvalue weighted by atomic mass is 19.1. The molecule has 1 heterocycles. The van der Waals surface area contributed by atoms with Gasteiger partial charge in [-0.05, 0) is 31.9 Å². The molecule has 2 nitrogen and oxygen atoms in total. The Balaban J connectivity index is 2.17. The quantitative estimate of drug-likeness (QED) is 0.749. The number of benzene rings is 1. The smallest absolute Gasteiger partial charge is 0.131 e. The highest BCUT2D eigenvalue weighted by molar-refractivity contribution is 5.49. The van der Waals surface area contributed by atoms with Gasteiger partial charge in [-0.15, -0.1) is 0 Å². The van der Waals surface area contributed by atoms with Gasteiger partial charge in [0.15, 0.2) is 0 Å². The van der Waals surface area contributed by atoms with Crippen LogP contribution in [0.5, 0.6) is 0 Å². The Kier molecular flexibility index (Phi) is 3.28. The van der Waals surface area contributed by atoms with Crippen molar-refractivity contribution in [1.82, 2.24) is 0 Å². The fourth-order valence-electron chi connectivity index (χ4n) is 2.08. The van der Waals surface area contributed by atoms with Crippen LogP contribution in [0, 0.1) is 35.8 Å². The van der Waals surface area contributed by atoms with E-state index in [1.54, 1.807) is 0 Å². The molecule has 0 amide bonds. The van der Waals surface area contributed by atoms with Crippen LogP contribution in [0.25, 0.3) is 0 Å². The van der Waals surface area contributed by atoms with Crippen LogP contribution in [0.4, 0.5) is 14.5 Å². The van der Waals surface area contributed by atoms with Crippen LogP contribution in [0.1, 0.15) is 18.4 Å². The van der Waals surface area contributed by atoms with E-state index in [9.17, 15) is 8.78 Å². The molecular formula is C13H14F2N2. The zero-order chi connectivity index (χ0) is 12.4. The van der Waals surface area contributed by atoms with Crippen LogP contribution < -0.4 is 4.90 Å². The van der Waals surface area contributed by atoms with Crippen LogP contribution in [-0.2, 0) is 0 Å². The number of halogens is 2. The summed E-state index contributed by atoms with van der Waals surface area (Å²) in [7, 11) is 0. The van der Waals surface area contributed by atoms with Crippen LogP contribution in [0.15, 0.2) is 12.1 Å². The summed E-state index contributed by atoms with van der Waals surface area (Å²) in [6, 6.07) is 4.97. The van der Waals surface area contributed by atoms with Crippen molar-refractivity contribution >= 4 is 5.69 Å². The zero-order valence-electron chi connectivity index (χ0n) is 9.71. The number of rotatable bonds is 1. The molecule has 0 N–H and O–H groups in total. The molecule has 0 bridgehead atoms. The van der Waals surface area contributed by atoms with E-state index in [-0.39, 0.29) is 11.5 Å². The highest BCUT2D eigenvalue weighted by Crippen LogP contribution is 2.26. The van der Waals surface area contributed by atoms with Crippen molar-refractivity contribution in [2.75, 3.05) is 18.0 Å². The van der Waals surface area contributed by atoms with Gasteiger partial charge in [0.05, 0.1) is 6.07 Å². The van der Waals surface area contributed by atoms with Crippen molar-refractivity contribution < 1.29 is 8.78 Å². The molecule has 17 heavy (non-hydrogen) atoms. The van der Waals surface area contributed by atoms with E-state index < -0.39 is 11.6 Å². The van der Waals surface area contributed by atoms with E-state index in [4.69, 9.17) is 5.26 Å². The molecule has 1 aromatic rings. The first-order valence-corrected chi connectivity index (χ1v) is 5.72. The van der Waals surface area contributed by atoms with Crippen molar-refractivity contribution in [3.8, 4) is 6.07 Å². The van der Waals surface area contributed by atoms with Gasteiger partial charge in [0.1, 0.15) is 11.6 Å². The average Bonchev–Trinajstić information content (AvgIpc) is 2.35. The van der Waals surface area contributed by atoms with Gasteiger partial charge < -0.3 is 4.90 Å². The molecule has 1 aliphatic rings. The van der Waals surface area contributed by atoms with Crippen LogP contribution in [-0.4, -0.2) is 13.1 Å². The minimum Gasteiger partial charge on any atom is -0.371 e. The van der Waals surface area contributed by atoms with Gasteiger partial charge in [-0.1, -0.05) is 0 Å². The summed E-state index contributed by atoms with van der Waals surface area (Å²) in [5.41, 5.74) is 0.627. The zero-order valence-corrected chi connectivity index (χ0v) is 9.71. The molecule has 1 aliphatic heterocycles. The summed E-state index contributed by atoms with van der Waals surface area (Å²) in [6.45, 7) is 2.79. The fourth-order valence-corrected chi connectivity index (χ4v) is 2.08. The predicted molar refractivity (Wildman–Crippen MR) is 61.6 cm³/mol. The third-order valence-electron chi connectivity index (χ3n) is 3.31. The van der Waals surface area contributed by atoms with E-state index in [1.165, 1.54) is 19.1 Å². The molecule has 0 saturated carbocycles. The van der Waals surface area contributed by atoms with Crippen molar-refractivity contribution in [3.05, 3.63) is 29.3 Å². The SMILES string of the molecule is Cc1c(F)cc(N2CCC(C#N)CC2)cc1F. The van der Waals surface area contributed by atoms with Crippen LogP contribution in [0.2, 0.25) is 0 Å². The molecule has 2 rings (SSSR count). The van der Waals surface area contributed by atoms with E-state index in [1.807, 2.05) is 4.90 Å². The Morgan fingerprint density at radius 2 is 1.76 bits per heavy atom. The molecule has 0 spiro atoms. The summed E-state index contributed by atoms with van der Waals surface area (Å²) in [5, 5.41) is 8.78. The number of hydrogen-bond donors (Lipinski definition) is 0. The molecule has 4 heteroatoms. The second-order valence-electron chi connectivity index (χ2n) is 4.42. The number of anilines is 1. The van der Waals surface area contributed by atoms with Gasteiger partial charge in [-0.3, -0.25) is 0 Å². The van der Waals surface area contributed by atoms with Crippen molar-refractivity contribution in [2.45, 2.75) is 19.8 Å². The average molecular weight is 236 g/mol. The topological polar surface area (TPSA) is 27.0 Å². The lowest BCUT2D eigenvalue weighted by molar-refractivity contribution is 0.485. The Labute approximate surface area is 99.5 Å². The first-order chi connectivity index (χ1) is 8.11. The third kappa shape index (κ3) is 2.38. The van der Waals surface area contributed by atoms with Gasteiger partial charge in [0, 0.05) is 30.3 Å². The molecule has 0 radical (unpaired) electrons. The van der Waals surface area contributed by atoms with E-state index in [0.29, 0.717) is 18.8 Å². The van der Waals surface area contributed by atoms with Crippen molar-refractivity contribution in [2.24, 2.45) is 5.92 Å². The molecule has 1 saturated heterocycles. The summed E-state index contributed by atoms with van der Waals surface area (Å²) in [6.07, 6.45) is 1.52. The molecular weight excluding hydrogens is 222 g/mol. The fraction of sp³-hybridized carbons (Fsp3) is 0.462. The minimum absolute atomic E-state index is 0.0562. The molecule has 0 aromatic heterocycles. The molecule has 0 unspecified atom stereocenters. The van der Waals surface area contributed by atoms with E-state index in [0.717, 1.165) is 12.8 Å². The van der Waals surface area contributed by atoms with E-state index in [2.05, 4.69) is 6.07 Å². The van der Waals surface area contributed by atoms with Crippen molar-refractivity contribution in [3.63, 3.8) is 0 Å². The predicted octanol–water partition coefficient (Wildman–Crippen LogP) is 3.01. The second-order valence-corrected chi connectivity index (χ2v) is 4.42. The van der Waals surface area contributed by atoms with Gasteiger partial charge >= 0.3 is 0 Å². The number of nitrogens with zero attached hydrogens (tertiary/aromatic N) is 2. The first kappa shape index (κ1) is 11.8. The lowest BCUT2D eigenvalue weighted by Gasteiger charge is -2.31. The summed E-state index contributed by atoms with van der Waals surface area (Å²) in [5.74, 6) is -0.948. The number of piperidine rings is 1. The summed E-state index contributed by atoms with van der Waals surface area (Å²) in [4.78, 5) is 1.93. The second kappa shape index (κ2) is 4.70. The maximum absolute atomic E-state index is 13.4. The van der Waals surface area contributed by atoms with Crippen molar-refractivity contribution in [1.29, 1.82) is 5.26 Å². The maximum atomic E-state index is 13.4. The maximum Gasteiger partial charge on any atom is 0.131 e. The first-order valence-electron chi connectivity index (χ1n) is 5.72. The minimum atomic E-state index is -0.512. The summed E-state index contributed by atoms with van der Waals surface area (Å²) >= 11 is 0. The number of nitriles is 1. The van der Waals surface area contributed by atoms with Gasteiger partial charge in [-0.25, -0.2) is 8.78 Å². The molecule has 0 atom stereocenters. The Morgan fingerprint density at radius 1 is 1.24 bits per heavy atom. The van der Waals surface area contributed by atoms with Crippen LogP contribution >= 0.6 is 0 Å². The third-order valence-corrected chi connectivity index (χ3v) is 3.31. The molecule has 1 aromatic carbocycles.